The fraction of sp³-hybridized carbons (Fsp3) is 0.529. The molecule has 0 bridgehead atoms. The van der Waals surface area contributed by atoms with E-state index in [9.17, 15) is 13.2 Å². The molecular formula is C17H21F3IN3. The van der Waals surface area contributed by atoms with Crippen molar-refractivity contribution in [1.29, 1.82) is 0 Å². The molecule has 0 aliphatic carbocycles. The minimum atomic E-state index is -4.22. The summed E-state index contributed by atoms with van der Waals surface area (Å²) in [7, 11) is 0. The lowest BCUT2D eigenvalue weighted by Crippen LogP contribution is -2.38. The van der Waals surface area contributed by atoms with Crippen LogP contribution in [0.2, 0.25) is 0 Å². The molecule has 1 aromatic carbocycles. The number of alkyl halides is 3. The van der Waals surface area contributed by atoms with Gasteiger partial charge in [-0.3, -0.25) is 0 Å². The molecule has 24 heavy (non-hydrogen) atoms. The minimum absolute atomic E-state index is 0.377. The summed E-state index contributed by atoms with van der Waals surface area (Å²) >= 11 is 1.98. The summed E-state index contributed by atoms with van der Waals surface area (Å²) < 4.78 is 40.4. The number of rotatable bonds is 4. The van der Waals surface area contributed by atoms with Crippen molar-refractivity contribution in [2.75, 3.05) is 25.0 Å². The summed E-state index contributed by atoms with van der Waals surface area (Å²) in [6.45, 7) is 4.42. The molecule has 2 aromatic rings. The topological polar surface area (TPSA) is 20.2 Å². The number of benzene rings is 1. The van der Waals surface area contributed by atoms with Crippen LogP contribution in [0.1, 0.15) is 19.8 Å². The number of nitrogens with one attached hydrogen (secondary N) is 1. The lowest BCUT2D eigenvalue weighted by molar-refractivity contribution is -0.140. The van der Waals surface area contributed by atoms with Crippen LogP contribution in [0.5, 0.6) is 0 Å². The summed E-state index contributed by atoms with van der Waals surface area (Å²) in [6, 6.07) is 7.76. The van der Waals surface area contributed by atoms with Crippen molar-refractivity contribution in [3.05, 3.63) is 28.0 Å². The summed E-state index contributed by atoms with van der Waals surface area (Å²) in [5.74, 6) is 0. The molecule has 1 aliphatic rings. The highest BCUT2D eigenvalue weighted by Crippen LogP contribution is 2.31. The Balaban J connectivity index is 1.83. The second kappa shape index (κ2) is 7.11. The van der Waals surface area contributed by atoms with Gasteiger partial charge >= 0.3 is 6.18 Å². The Morgan fingerprint density at radius 2 is 1.96 bits per heavy atom. The molecular weight excluding hydrogens is 430 g/mol. The minimum Gasteiger partial charge on any atom is -0.382 e. The number of hydrogen-bond donors (Lipinski definition) is 1. The Labute approximate surface area is 153 Å². The molecule has 0 amide bonds. The maximum atomic E-state index is 12.8. The van der Waals surface area contributed by atoms with Gasteiger partial charge in [-0.2, -0.15) is 13.2 Å². The molecule has 132 valence electrons. The molecule has 1 aliphatic heterocycles. The SMILES string of the molecule is CCN1CCC(Nc2cccc3c2cc(I)n3CC(F)(F)F)CC1. The Bertz CT molecular complexity index is 703. The van der Waals surface area contributed by atoms with Crippen LogP contribution in [-0.2, 0) is 6.54 Å². The maximum Gasteiger partial charge on any atom is 0.406 e. The normalized spacial score (nSPS) is 17.5. The molecule has 3 nitrogen and oxygen atoms in total. The Morgan fingerprint density at radius 1 is 1.25 bits per heavy atom. The highest BCUT2D eigenvalue weighted by molar-refractivity contribution is 14.1. The number of nitrogens with zero attached hydrogens (tertiary/aromatic N) is 2. The number of halogens is 4. The van der Waals surface area contributed by atoms with Gasteiger partial charge < -0.3 is 14.8 Å². The summed E-state index contributed by atoms with van der Waals surface area (Å²) in [5, 5.41) is 4.41. The predicted octanol–water partition coefficient (Wildman–Crippen LogP) is 4.70. The van der Waals surface area contributed by atoms with Crippen molar-refractivity contribution >= 4 is 39.2 Å². The van der Waals surface area contributed by atoms with Gasteiger partial charge in [-0.05, 0) is 60.2 Å². The fourth-order valence-corrected chi connectivity index (χ4v) is 4.07. The molecule has 7 heteroatoms. The first-order valence-corrected chi connectivity index (χ1v) is 9.28. The molecule has 3 rings (SSSR count). The standard InChI is InChI=1S/C17H21F3IN3/c1-2-23-8-6-12(7-9-23)22-14-4-3-5-15-13(14)10-16(21)24(15)11-17(18,19)20/h3-5,10,12,22H,2,6-9,11H2,1H3. The van der Waals surface area contributed by atoms with Gasteiger partial charge in [0.05, 0.1) is 9.22 Å². The summed E-state index contributed by atoms with van der Waals surface area (Å²) in [4.78, 5) is 2.42. The Morgan fingerprint density at radius 3 is 2.58 bits per heavy atom. The molecule has 1 N–H and O–H groups in total. The van der Waals surface area contributed by atoms with Crippen LogP contribution >= 0.6 is 22.6 Å². The summed E-state index contributed by atoms with van der Waals surface area (Å²) in [5.41, 5.74) is 1.56. The zero-order valence-corrected chi connectivity index (χ0v) is 15.7. The van der Waals surface area contributed by atoms with Crippen molar-refractivity contribution in [1.82, 2.24) is 9.47 Å². The monoisotopic (exact) mass is 451 g/mol. The number of aromatic nitrogens is 1. The van der Waals surface area contributed by atoms with E-state index in [0.29, 0.717) is 15.3 Å². The van der Waals surface area contributed by atoms with Gasteiger partial charge in [-0.25, -0.2) is 0 Å². The van der Waals surface area contributed by atoms with Crippen molar-refractivity contribution in [3.63, 3.8) is 0 Å². The number of likely N-dealkylation sites (tertiary alicyclic amines) is 1. The highest BCUT2D eigenvalue weighted by atomic mass is 127. The van der Waals surface area contributed by atoms with Gasteiger partial charge in [0.1, 0.15) is 6.54 Å². The first kappa shape index (κ1) is 17.8. The van der Waals surface area contributed by atoms with Gasteiger partial charge in [-0.1, -0.05) is 13.0 Å². The van der Waals surface area contributed by atoms with Crippen LogP contribution in [-0.4, -0.2) is 41.3 Å². The van der Waals surface area contributed by atoms with Gasteiger partial charge in [-0.15, -0.1) is 0 Å². The number of anilines is 1. The van der Waals surface area contributed by atoms with Crippen LogP contribution in [0, 0.1) is 3.70 Å². The largest absolute Gasteiger partial charge is 0.406 e. The van der Waals surface area contributed by atoms with E-state index in [1.807, 2.05) is 40.8 Å². The second-order valence-corrected chi connectivity index (χ2v) is 7.36. The molecule has 2 heterocycles. The van der Waals surface area contributed by atoms with E-state index in [2.05, 4.69) is 17.1 Å². The quantitative estimate of drug-likeness (QED) is 0.681. The Kier molecular flexibility index (Phi) is 5.29. The molecule has 0 radical (unpaired) electrons. The third-order valence-corrected chi connectivity index (χ3v) is 5.52. The molecule has 1 saturated heterocycles. The molecule has 1 fully saturated rings. The molecule has 0 atom stereocenters. The molecule has 0 spiro atoms. The third-order valence-electron chi connectivity index (χ3n) is 4.63. The summed E-state index contributed by atoms with van der Waals surface area (Å²) in [6.07, 6.45) is -2.10. The van der Waals surface area contributed by atoms with E-state index in [0.717, 1.165) is 43.5 Å². The van der Waals surface area contributed by atoms with E-state index >= 15 is 0 Å². The molecule has 0 unspecified atom stereocenters. The molecule has 1 aromatic heterocycles. The van der Waals surface area contributed by atoms with Crippen LogP contribution in [0.3, 0.4) is 0 Å². The van der Waals surface area contributed by atoms with Crippen LogP contribution in [0.25, 0.3) is 10.9 Å². The van der Waals surface area contributed by atoms with Crippen LogP contribution < -0.4 is 5.32 Å². The smallest absolute Gasteiger partial charge is 0.382 e. The average Bonchev–Trinajstić information content (AvgIpc) is 2.84. The maximum absolute atomic E-state index is 12.8. The van der Waals surface area contributed by atoms with E-state index in [1.165, 1.54) is 4.57 Å². The van der Waals surface area contributed by atoms with Crippen LogP contribution in [0.4, 0.5) is 18.9 Å². The molecule has 0 saturated carbocycles. The van der Waals surface area contributed by atoms with E-state index < -0.39 is 12.7 Å². The highest BCUT2D eigenvalue weighted by Gasteiger charge is 2.29. The first-order valence-electron chi connectivity index (χ1n) is 8.21. The van der Waals surface area contributed by atoms with E-state index in [4.69, 9.17) is 0 Å². The average molecular weight is 451 g/mol. The van der Waals surface area contributed by atoms with Crippen LogP contribution in [0.15, 0.2) is 24.3 Å². The number of piperidine rings is 1. The van der Waals surface area contributed by atoms with Gasteiger partial charge in [0.2, 0.25) is 0 Å². The number of fused-ring (bicyclic) bond motifs is 1. The van der Waals surface area contributed by atoms with Crippen molar-refractivity contribution in [2.24, 2.45) is 0 Å². The van der Waals surface area contributed by atoms with Crippen molar-refractivity contribution < 1.29 is 13.2 Å². The van der Waals surface area contributed by atoms with Crippen molar-refractivity contribution in [3.8, 4) is 0 Å². The Hall–Kier alpha value is -0.960. The van der Waals surface area contributed by atoms with Gasteiger partial charge in [0, 0.05) is 30.2 Å². The van der Waals surface area contributed by atoms with E-state index in [-0.39, 0.29) is 0 Å². The van der Waals surface area contributed by atoms with E-state index in [1.54, 1.807) is 6.07 Å². The predicted molar refractivity (Wildman–Crippen MR) is 99.5 cm³/mol. The van der Waals surface area contributed by atoms with Gasteiger partial charge in [0.15, 0.2) is 0 Å². The second-order valence-electron chi connectivity index (χ2n) is 6.26. The van der Waals surface area contributed by atoms with Crippen molar-refractivity contribution in [2.45, 2.75) is 38.5 Å². The first-order chi connectivity index (χ1) is 11.4. The fourth-order valence-electron chi connectivity index (χ4n) is 3.33. The van der Waals surface area contributed by atoms with Gasteiger partial charge in [0.25, 0.3) is 0 Å². The third kappa shape index (κ3) is 3.99. The zero-order valence-electron chi connectivity index (χ0n) is 13.5. The zero-order chi connectivity index (χ0) is 17.3. The number of hydrogen-bond acceptors (Lipinski definition) is 2. The lowest BCUT2D eigenvalue weighted by Gasteiger charge is -2.32. The lowest BCUT2D eigenvalue weighted by atomic mass is 10.0.